The molecule has 0 fully saturated rings. The molecule has 1 aromatic heterocycles. The summed E-state index contributed by atoms with van der Waals surface area (Å²) in [6.07, 6.45) is 0. The number of anilines is 1. The van der Waals surface area contributed by atoms with Crippen molar-refractivity contribution in [3.05, 3.63) is 39.9 Å². The number of nitrogens with one attached hydrogen (secondary N) is 1. The van der Waals surface area contributed by atoms with Crippen molar-refractivity contribution in [2.24, 2.45) is 0 Å². The highest BCUT2D eigenvalue weighted by Crippen LogP contribution is 2.21. The molecular weight excluding hydrogens is 287 g/mol. The van der Waals surface area contributed by atoms with Gasteiger partial charge in [0.2, 0.25) is 0 Å². The standard InChI is InChI=1S/C9H6ClFN2O2S2/c10-7-3-6(1-2-8(7)11)17(14,15)13-9-4-16-5-12-9/h1-5,13H. The molecule has 90 valence electrons. The molecule has 0 aliphatic rings. The number of thiazole rings is 1. The topological polar surface area (TPSA) is 59.1 Å². The maximum atomic E-state index is 12.9. The largest absolute Gasteiger partial charge is 0.263 e. The van der Waals surface area contributed by atoms with Crippen LogP contribution in [0.4, 0.5) is 10.2 Å². The molecule has 1 heterocycles. The van der Waals surface area contributed by atoms with E-state index in [2.05, 4.69) is 9.71 Å². The van der Waals surface area contributed by atoms with Gasteiger partial charge in [0.15, 0.2) is 5.82 Å². The van der Waals surface area contributed by atoms with Crippen molar-refractivity contribution in [2.45, 2.75) is 4.90 Å². The maximum absolute atomic E-state index is 12.9. The number of hydrogen-bond acceptors (Lipinski definition) is 4. The SMILES string of the molecule is O=S(=O)(Nc1cscn1)c1ccc(F)c(Cl)c1. The summed E-state index contributed by atoms with van der Waals surface area (Å²) in [6.45, 7) is 0. The number of sulfonamides is 1. The highest BCUT2D eigenvalue weighted by molar-refractivity contribution is 7.92. The smallest absolute Gasteiger partial charge is 0.263 e. The van der Waals surface area contributed by atoms with Crippen molar-refractivity contribution in [2.75, 3.05) is 4.72 Å². The van der Waals surface area contributed by atoms with E-state index in [4.69, 9.17) is 11.6 Å². The van der Waals surface area contributed by atoms with E-state index in [9.17, 15) is 12.8 Å². The van der Waals surface area contributed by atoms with E-state index in [0.29, 0.717) is 0 Å². The Morgan fingerprint density at radius 1 is 1.41 bits per heavy atom. The molecule has 0 atom stereocenters. The Morgan fingerprint density at radius 3 is 2.76 bits per heavy atom. The molecule has 0 radical (unpaired) electrons. The van der Waals surface area contributed by atoms with Gasteiger partial charge in [0.25, 0.3) is 10.0 Å². The van der Waals surface area contributed by atoms with Gasteiger partial charge in [0.05, 0.1) is 15.4 Å². The average Bonchev–Trinajstić information content (AvgIpc) is 2.73. The Kier molecular flexibility index (Phi) is 3.32. The minimum absolute atomic E-state index is 0.114. The van der Waals surface area contributed by atoms with E-state index >= 15 is 0 Å². The molecular formula is C9H6ClFN2O2S2. The summed E-state index contributed by atoms with van der Waals surface area (Å²) in [5.74, 6) is -0.449. The monoisotopic (exact) mass is 292 g/mol. The molecule has 1 aromatic carbocycles. The predicted octanol–water partition coefficient (Wildman–Crippen LogP) is 2.74. The van der Waals surface area contributed by atoms with E-state index in [-0.39, 0.29) is 15.7 Å². The molecule has 0 unspecified atom stereocenters. The van der Waals surface area contributed by atoms with Crippen molar-refractivity contribution in [1.29, 1.82) is 0 Å². The predicted molar refractivity (Wildman–Crippen MR) is 64.3 cm³/mol. The van der Waals surface area contributed by atoms with Crippen LogP contribution in [0.5, 0.6) is 0 Å². The molecule has 17 heavy (non-hydrogen) atoms. The summed E-state index contributed by atoms with van der Waals surface area (Å²) in [5, 5.41) is 1.30. The number of aromatic nitrogens is 1. The molecule has 4 nitrogen and oxygen atoms in total. The van der Waals surface area contributed by atoms with Crippen LogP contribution in [0.2, 0.25) is 5.02 Å². The van der Waals surface area contributed by atoms with Gasteiger partial charge in [0, 0.05) is 5.38 Å². The Labute approximate surface area is 106 Å². The number of rotatable bonds is 3. The van der Waals surface area contributed by atoms with E-state index in [1.165, 1.54) is 16.8 Å². The third-order valence-corrected chi connectivity index (χ3v) is 4.10. The average molecular weight is 293 g/mol. The van der Waals surface area contributed by atoms with Crippen molar-refractivity contribution in [1.82, 2.24) is 4.98 Å². The lowest BCUT2D eigenvalue weighted by Crippen LogP contribution is -2.13. The molecule has 0 aliphatic carbocycles. The van der Waals surface area contributed by atoms with Crippen molar-refractivity contribution in [3.8, 4) is 0 Å². The van der Waals surface area contributed by atoms with E-state index in [0.717, 1.165) is 18.2 Å². The van der Waals surface area contributed by atoms with Gasteiger partial charge < -0.3 is 0 Å². The summed E-state index contributed by atoms with van der Waals surface area (Å²) in [7, 11) is -3.78. The summed E-state index contributed by atoms with van der Waals surface area (Å²) in [6, 6.07) is 3.18. The number of nitrogens with zero attached hydrogens (tertiary/aromatic N) is 1. The van der Waals surface area contributed by atoms with Gasteiger partial charge in [-0.15, -0.1) is 11.3 Å². The van der Waals surface area contributed by atoms with Crippen LogP contribution in [-0.2, 0) is 10.0 Å². The highest BCUT2D eigenvalue weighted by atomic mass is 35.5. The second-order valence-corrected chi connectivity index (χ2v) is 5.86. The molecule has 2 rings (SSSR count). The molecule has 1 N–H and O–H groups in total. The molecule has 0 saturated carbocycles. The summed E-state index contributed by atoms with van der Waals surface area (Å²) < 4.78 is 38.8. The van der Waals surface area contributed by atoms with Gasteiger partial charge >= 0.3 is 0 Å². The van der Waals surface area contributed by atoms with Gasteiger partial charge in [-0.05, 0) is 18.2 Å². The lowest BCUT2D eigenvalue weighted by Gasteiger charge is -2.05. The third kappa shape index (κ3) is 2.74. The van der Waals surface area contributed by atoms with Crippen LogP contribution in [0, 0.1) is 5.82 Å². The molecule has 0 spiro atoms. The molecule has 0 saturated heterocycles. The van der Waals surface area contributed by atoms with Crippen LogP contribution in [0.25, 0.3) is 0 Å². The quantitative estimate of drug-likeness (QED) is 0.946. The molecule has 8 heteroatoms. The normalized spacial score (nSPS) is 11.4. The molecule has 0 bridgehead atoms. The zero-order chi connectivity index (χ0) is 12.5. The number of benzene rings is 1. The second-order valence-electron chi connectivity index (χ2n) is 3.06. The van der Waals surface area contributed by atoms with Crippen molar-refractivity contribution >= 4 is 38.8 Å². The van der Waals surface area contributed by atoms with Crippen molar-refractivity contribution < 1.29 is 12.8 Å². The van der Waals surface area contributed by atoms with Gasteiger partial charge in [-0.3, -0.25) is 4.72 Å². The van der Waals surface area contributed by atoms with Gasteiger partial charge in [-0.2, -0.15) is 0 Å². The zero-order valence-corrected chi connectivity index (χ0v) is 10.6. The minimum Gasteiger partial charge on any atom is -0.263 e. The van der Waals surface area contributed by atoms with Crippen LogP contribution in [0.3, 0.4) is 0 Å². The van der Waals surface area contributed by atoms with E-state index in [1.54, 1.807) is 5.38 Å². The second kappa shape index (κ2) is 4.59. The molecule has 2 aromatic rings. The first-order valence-corrected chi connectivity index (χ1v) is 7.15. The minimum atomic E-state index is -3.78. The van der Waals surface area contributed by atoms with E-state index in [1.807, 2.05) is 0 Å². The van der Waals surface area contributed by atoms with Gasteiger partial charge in [-0.1, -0.05) is 11.6 Å². The fourth-order valence-electron chi connectivity index (χ4n) is 1.10. The van der Waals surface area contributed by atoms with Crippen LogP contribution >= 0.6 is 22.9 Å². The first-order valence-electron chi connectivity index (χ1n) is 4.35. The Hall–Kier alpha value is -1.18. The van der Waals surface area contributed by atoms with Crippen LogP contribution in [0.1, 0.15) is 0 Å². The van der Waals surface area contributed by atoms with Crippen LogP contribution in [0.15, 0.2) is 34.0 Å². The summed E-state index contributed by atoms with van der Waals surface area (Å²) in [4.78, 5) is 3.67. The Morgan fingerprint density at radius 2 is 2.18 bits per heavy atom. The zero-order valence-electron chi connectivity index (χ0n) is 8.22. The fraction of sp³-hybridized carbons (Fsp3) is 0. The van der Waals surface area contributed by atoms with Crippen molar-refractivity contribution in [3.63, 3.8) is 0 Å². The Balaban J connectivity index is 2.35. The van der Waals surface area contributed by atoms with Crippen LogP contribution < -0.4 is 4.72 Å². The summed E-state index contributed by atoms with van der Waals surface area (Å²) >= 11 is 6.78. The lowest BCUT2D eigenvalue weighted by atomic mass is 10.3. The fourth-order valence-corrected chi connectivity index (χ4v) is 2.93. The third-order valence-electron chi connectivity index (χ3n) is 1.87. The lowest BCUT2D eigenvalue weighted by molar-refractivity contribution is 0.599. The highest BCUT2D eigenvalue weighted by Gasteiger charge is 2.16. The summed E-state index contributed by atoms with van der Waals surface area (Å²) in [5.41, 5.74) is 1.50. The first-order chi connectivity index (χ1) is 7.99. The maximum Gasteiger partial charge on any atom is 0.263 e. The molecule has 0 amide bonds. The van der Waals surface area contributed by atoms with Gasteiger partial charge in [0.1, 0.15) is 5.82 Å². The Bertz CT molecular complexity index is 628. The van der Waals surface area contributed by atoms with E-state index < -0.39 is 15.8 Å². The molecule has 0 aliphatic heterocycles. The van der Waals surface area contributed by atoms with Gasteiger partial charge in [-0.25, -0.2) is 17.8 Å². The number of hydrogen-bond donors (Lipinski definition) is 1. The number of halogens is 2. The van der Waals surface area contributed by atoms with Crippen LogP contribution in [-0.4, -0.2) is 13.4 Å². The first kappa shape index (κ1) is 12.3.